The number of esters is 1. The molecule has 1 fully saturated rings. The van der Waals surface area contributed by atoms with Crippen molar-refractivity contribution < 1.29 is 19.1 Å². The molecule has 5 nitrogen and oxygen atoms in total. The van der Waals surface area contributed by atoms with Crippen LogP contribution in [0.25, 0.3) is 0 Å². The summed E-state index contributed by atoms with van der Waals surface area (Å²) >= 11 is 0. The summed E-state index contributed by atoms with van der Waals surface area (Å²) in [5.41, 5.74) is -0.180. The molecular weight excluding hydrogens is 294 g/mol. The molecular formula is C18H23NO4. The summed E-state index contributed by atoms with van der Waals surface area (Å²) in [7, 11) is 0. The van der Waals surface area contributed by atoms with Gasteiger partial charge in [-0.25, -0.2) is 0 Å². The van der Waals surface area contributed by atoms with Crippen molar-refractivity contribution >= 4 is 18.2 Å². The van der Waals surface area contributed by atoms with E-state index in [0.29, 0.717) is 19.5 Å². The van der Waals surface area contributed by atoms with Gasteiger partial charge in [0.05, 0.1) is 6.61 Å². The summed E-state index contributed by atoms with van der Waals surface area (Å²) < 4.78 is 5.15. The summed E-state index contributed by atoms with van der Waals surface area (Å²) in [6.07, 6.45) is 2.34. The van der Waals surface area contributed by atoms with Crippen molar-refractivity contribution in [1.82, 2.24) is 4.90 Å². The normalized spacial score (nSPS) is 21.1. The average molecular weight is 317 g/mol. The molecule has 1 aliphatic heterocycles. The minimum atomic E-state index is -1.20. The fraction of sp³-hybridized carbons (Fsp3) is 0.500. The zero-order valence-corrected chi connectivity index (χ0v) is 13.5. The smallest absolute Gasteiger partial charge is 0.321 e. The number of nitrogens with zero attached hydrogens (tertiary/aromatic N) is 1. The maximum absolute atomic E-state index is 13.0. The minimum absolute atomic E-state index is 0.184. The van der Waals surface area contributed by atoms with Crippen LogP contribution in [0.1, 0.15) is 38.2 Å². The monoisotopic (exact) mass is 317 g/mol. The number of hydrogen-bond donors (Lipinski definition) is 0. The van der Waals surface area contributed by atoms with Crippen LogP contribution in [0.15, 0.2) is 30.3 Å². The lowest BCUT2D eigenvalue weighted by Gasteiger charge is -2.39. The first-order valence-corrected chi connectivity index (χ1v) is 8.08. The number of carbonyl (C=O) groups is 3. The van der Waals surface area contributed by atoms with Gasteiger partial charge in [-0.05, 0) is 31.7 Å². The molecule has 0 saturated carbocycles. The van der Waals surface area contributed by atoms with Gasteiger partial charge in [-0.3, -0.25) is 9.59 Å². The van der Waals surface area contributed by atoms with Crippen LogP contribution < -0.4 is 0 Å². The van der Waals surface area contributed by atoms with E-state index in [9.17, 15) is 14.4 Å². The molecule has 5 heteroatoms. The highest BCUT2D eigenvalue weighted by molar-refractivity contribution is 6.03. The third kappa shape index (κ3) is 3.78. The van der Waals surface area contributed by atoms with Crippen LogP contribution in [-0.2, 0) is 25.7 Å². The molecule has 0 N–H and O–H groups in total. The van der Waals surface area contributed by atoms with Crippen molar-refractivity contribution in [2.45, 2.75) is 39.2 Å². The highest BCUT2D eigenvalue weighted by Crippen LogP contribution is 2.37. The van der Waals surface area contributed by atoms with Crippen molar-refractivity contribution in [2.75, 3.05) is 13.2 Å². The van der Waals surface area contributed by atoms with Gasteiger partial charge < -0.3 is 14.4 Å². The number of amides is 1. The molecule has 1 aromatic carbocycles. The lowest BCUT2D eigenvalue weighted by atomic mass is 9.75. The molecule has 1 saturated heterocycles. The van der Waals surface area contributed by atoms with E-state index in [1.165, 1.54) is 0 Å². The molecule has 0 aromatic heterocycles. The number of piperidine rings is 1. The van der Waals surface area contributed by atoms with Crippen molar-refractivity contribution in [1.29, 1.82) is 0 Å². The molecule has 1 atom stereocenters. The number of likely N-dealkylation sites (tertiary alicyclic amines) is 1. The van der Waals surface area contributed by atoms with Gasteiger partial charge >= 0.3 is 5.97 Å². The molecule has 124 valence electrons. The van der Waals surface area contributed by atoms with Crippen LogP contribution in [0, 0.1) is 5.41 Å². The molecule has 0 aliphatic carbocycles. The van der Waals surface area contributed by atoms with Crippen LogP contribution in [-0.4, -0.2) is 36.2 Å². The molecule has 2 rings (SSSR count). The maximum atomic E-state index is 13.0. The first-order chi connectivity index (χ1) is 11.1. The van der Waals surface area contributed by atoms with E-state index in [2.05, 4.69) is 0 Å². The standard InChI is InChI=1S/C18H23NO4/c1-2-23-17(22)18(11-7-13-20)10-6-12-19(16(18)21)14-15-8-4-3-5-9-15/h3-5,8-9,13H,2,6-7,10-12,14H2,1H3/t18-/m0/s1. The number of benzene rings is 1. The van der Waals surface area contributed by atoms with E-state index in [1.807, 2.05) is 30.3 Å². The van der Waals surface area contributed by atoms with Crippen molar-refractivity contribution in [3.8, 4) is 0 Å². The topological polar surface area (TPSA) is 63.7 Å². The predicted molar refractivity (Wildman–Crippen MR) is 85.5 cm³/mol. The Balaban J connectivity index is 2.22. The fourth-order valence-corrected chi connectivity index (χ4v) is 3.14. The molecule has 1 aromatic rings. The summed E-state index contributed by atoms with van der Waals surface area (Å²) in [6.45, 7) is 3.05. The van der Waals surface area contributed by atoms with Crippen molar-refractivity contribution in [3.63, 3.8) is 0 Å². The highest BCUT2D eigenvalue weighted by atomic mass is 16.5. The van der Waals surface area contributed by atoms with Crippen LogP contribution in [0.4, 0.5) is 0 Å². The van der Waals surface area contributed by atoms with Crippen LogP contribution in [0.5, 0.6) is 0 Å². The summed E-state index contributed by atoms with van der Waals surface area (Å²) in [6, 6.07) is 9.69. The van der Waals surface area contributed by atoms with Crippen LogP contribution in [0.2, 0.25) is 0 Å². The van der Waals surface area contributed by atoms with E-state index >= 15 is 0 Å². The second kappa shape index (κ2) is 7.90. The first kappa shape index (κ1) is 17.2. The van der Waals surface area contributed by atoms with E-state index in [4.69, 9.17) is 4.74 Å². The van der Waals surface area contributed by atoms with E-state index in [-0.39, 0.29) is 25.4 Å². The molecule has 0 unspecified atom stereocenters. The second-order valence-electron chi connectivity index (χ2n) is 5.82. The zero-order valence-electron chi connectivity index (χ0n) is 13.5. The largest absolute Gasteiger partial charge is 0.465 e. The molecule has 1 heterocycles. The van der Waals surface area contributed by atoms with Gasteiger partial charge in [-0.2, -0.15) is 0 Å². The van der Waals surface area contributed by atoms with Crippen molar-refractivity contribution in [3.05, 3.63) is 35.9 Å². The lowest BCUT2D eigenvalue weighted by molar-refractivity contribution is -0.169. The maximum Gasteiger partial charge on any atom is 0.321 e. The molecule has 0 bridgehead atoms. The molecule has 23 heavy (non-hydrogen) atoms. The Kier molecular flexibility index (Phi) is 5.90. The van der Waals surface area contributed by atoms with Gasteiger partial charge in [0.2, 0.25) is 5.91 Å². The number of rotatable bonds is 7. The van der Waals surface area contributed by atoms with Crippen molar-refractivity contribution in [2.24, 2.45) is 5.41 Å². The summed E-state index contributed by atoms with van der Waals surface area (Å²) in [5.74, 6) is -0.711. The van der Waals surface area contributed by atoms with Crippen LogP contribution >= 0.6 is 0 Å². The molecule has 0 radical (unpaired) electrons. The minimum Gasteiger partial charge on any atom is -0.465 e. The van der Waals surface area contributed by atoms with Gasteiger partial charge in [-0.1, -0.05) is 30.3 Å². The second-order valence-corrected chi connectivity index (χ2v) is 5.82. The Morgan fingerprint density at radius 1 is 1.35 bits per heavy atom. The van der Waals surface area contributed by atoms with E-state index in [1.54, 1.807) is 11.8 Å². The third-order valence-electron chi connectivity index (χ3n) is 4.30. The fourth-order valence-electron chi connectivity index (χ4n) is 3.14. The Bertz CT molecular complexity index is 557. The zero-order chi connectivity index (χ0) is 16.7. The predicted octanol–water partition coefficient (Wildman–Crippen LogP) is 2.34. The third-order valence-corrected chi connectivity index (χ3v) is 4.30. The van der Waals surface area contributed by atoms with Gasteiger partial charge in [0, 0.05) is 19.5 Å². The van der Waals surface area contributed by atoms with Gasteiger partial charge in [0.15, 0.2) is 0 Å². The Hall–Kier alpha value is -2.17. The number of hydrogen-bond acceptors (Lipinski definition) is 4. The molecule has 1 aliphatic rings. The number of carbonyl (C=O) groups excluding carboxylic acids is 3. The lowest BCUT2D eigenvalue weighted by Crippen LogP contribution is -2.53. The number of ether oxygens (including phenoxy) is 1. The number of aldehydes is 1. The Morgan fingerprint density at radius 3 is 2.74 bits per heavy atom. The SMILES string of the molecule is CCOC(=O)[C@]1(CCC=O)CCCN(Cc2ccccc2)C1=O. The first-order valence-electron chi connectivity index (χ1n) is 8.08. The van der Waals surface area contributed by atoms with Crippen LogP contribution in [0.3, 0.4) is 0 Å². The Morgan fingerprint density at radius 2 is 2.09 bits per heavy atom. The molecule has 1 amide bonds. The van der Waals surface area contributed by atoms with E-state index in [0.717, 1.165) is 18.3 Å². The van der Waals surface area contributed by atoms with E-state index < -0.39 is 11.4 Å². The summed E-state index contributed by atoms with van der Waals surface area (Å²) in [5, 5.41) is 0. The average Bonchev–Trinajstić information content (AvgIpc) is 2.57. The molecule has 0 spiro atoms. The van der Waals surface area contributed by atoms with Gasteiger partial charge in [-0.15, -0.1) is 0 Å². The van der Waals surface area contributed by atoms with Gasteiger partial charge in [0.25, 0.3) is 0 Å². The van der Waals surface area contributed by atoms with Gasteiger partial charge in [0.1, 0.15) is 11.7 Å². The quantitative estimate of drug-likeness (QED) is 0.440. The Labute approximate surface area is 136 Å². The highest BCUT2D eigenvalue weighted by Gasteiger charge is 2.50. The summed E-state index contributed by atoms with van der Waals surface area (Å²) in [4.78, 5) is 37.9.